The van der Waals surface area contributed by atoms with E-state index >= 15 is 0 Å². The average molecular weight is 552 g/mol. The third-order valence-corrected chi connectivity index (χ3v) is 5.25. The second-order valence-electron chi connectivity index (χ2n) is 6.23. The first-order valence-electron chi connectivity index (χ1n) is 8.98. The van der Waals surface area contributed by atoms with Gasteiger partial charge in [0.05, 0.1) is 17.2 Å². The fourth-order valence-corrected chi connectivity index (χ4v) is 4.02. The number of benzene rings is 3. The molecule has 8 heteroatoms. The van der Waals surface area contributed by atoms with Crippen LogP contribution in [0.25, 0.3) is 0 Å². The standard InChI is InChI=1S/C22H18Br2ClN3O2/c23-17-10-16(22(20(24)11-17)30-14-15-4-2-1-3-5-15)12-27-28-21(29)13-26-19-8-6-18(25)7-9-19/h1-12,26H,13-14H2,(H,28,29)/b27-12-. The molecule has 1 amide bonds. The van der Waals surface area contributed by atoms with Crippen LogP contribution in [-0.4, -0.2) is 18.7 Å². The first kappa shape index (κ1) is 22.3. The Hall–Kier alpha value is -2.35. The van der Waals surface area contributed by atoms with Crippen LogP contribution in [0.15, 0.2) is 80.8 Å². The quantitative estimate of drug-likeness (QED) is 0.266. The second kappa shape index (κ2) is 11.2. The van der Waals surface area contributed by atoms with Crippen molar-refractivity contribution in [2.45, 2.75) is 6.61 Å². The number of hydrazone groups is 1. The zero-order chi connectivity index (χ0) is 21.3. The Labute approximate surface area is 196 Å². The molecule has 0 unspecified atom stereocenters. The normalized spacial score (nSPS) is 10.8. The maximum absolute atomic E-state index is 12.0. The molecule has 0 saturated carbocycles. The zero-order valence-corrected chi connectivity index (χ0v) is 19.7. The molecule has 154 valence electrons. The SMILES string of the molecule is O=C(CNc1ccc(Cl)cc1)N/N=C\c1cc(Br)cc(Br)c1OCc1ccccc1. The summed E-state index contributed by atoms with van der Waals surface area (Å²) < 4.78 is 7.63. The Bertz CT molecular complexity index is 1030. The zero-order valence-electron chi connectivity index (χ0n) is 15.7. The van der Waals surface area contributed by atoms with Gasteiger partial charge in [0.15, 0.2) is 0 Å². The topological polar surface area (TPSA) is 62.7 Å². The Kier molecular flexibility index (Phi) is 8.30. The van der Waals surface area contributed by atoms with Crippen LogP contribution in [0.2, 0.25) is 5.02 Å². The van der Waals surface area contributed by atoms with E-state index < -0.39 is 0 Å². The van der Waals surface area contributed by atoms with Gasteiger partial charge in [-0.1, -0.05) is 57.9 Å². The number of nitrogens with one attached hydrogen (secondary N) is 2. The molecule has 0 heterocycles. The highest BCUT2D eigenvalue weighted by Gasteiger charge is 2.10. The Balaban J connectivity index is 1.60. The molecule has 0 radical (unpaired) electrons. The number of amides is 1. The van der Waals surface area contributed by atoms with Gasteiger partial charge >= 0.3 is 0 Å². The average Bonchev–Trinajstić information content (AvgIpc) is 2.73. The molecule has 0 atom stereocenters. The van der Waals surface area contributed by atoms with Crippen LogP contribution in [0.1, 0.15) is 11.1 Å². The van der Waals surface area contributed by atoms with E-state index in [1.165, 1.54) is 0 Å². The number of nitrogens with zero attached hydrogens (tertiary/aromatic N) is 1. The molecular weight excluding hydrogens is 534 g/mol. The van der Waals surface area contributed by atoms with Gasteiger partial charge in [-0.2, -0.15) is 5.10 Å². The van der Waals surface area contributed by atoms with E-state index in [-0.39, 0.29) is 12.5 Å². The van der Waals surface area contributed by atoms with E-state index in [0.29, 0.717) is 17.4 Å². The summed E-state index contributed by atoms with van der Waals surface area (Å²) in [4.78, 5) is 12.0. The van der Waals surface area contributed by atoms with E-state index in [4.69, 9.17) is 16.3 Å². The number of ether oxygens (including phenoxy) is 1. The molecule has 3 aromatic carbocycles. The molecule has 2 N–H and O–H groups in total. The molecular formula is C22H18Br2ClN3O2. The number of carbonyl (C=O) groups is 1. The van der Waals surface area contributed by atoms with Gasteiger partial charge in [0.2, 0.25) is 0 Å². The fraction of sp³-hybridized carbons (Fsp3) is 0.0909. The number of carbonyl (C=O) groups excluding carboxylic acids is 1. The molecule has 0 spiro atoms. The Morgan fingerprint density at radius 3 is 2.53 bits per heavy atom. The van der Waals surface area contributed by atoms with E-state index in [2.05, 4.69) is 47.7 Å². The maximum atomic E-state index is 12.0. The summed E-state index contributed by atoms with van der Waals surface area (Å²) in [5.74, 6) is 0.362. The highest BCUT2D eigenvalue weighted by atomic mass is 79.9. The van der Waals surface area contributed by atoms with Crippen LogP contribution in [0.4, 0.5) is 5.69 Å². The van der Waals surface area contributed by atoms with Crippen LogP contribution in [-0.2, 0) is 11.4 Å². The largest absolute Gasteiger partial charge is 0.487 e. The maximum Gasteiger partial charge on any atom is 0.259 e. The predicted octanol–water partition coefficient (Wildman–Crippen LogP) is 6.01. The lowest BCUT2D eigenvalue weighted by Gasteiger charge is -2.12. The summed E-state index contributed by atoms with van der Waals surface area (Å²) in [7, 11) is 0. The summed E-state index contributed by atoms with van der Waals surface area (Å²) >= 11 is 12.8. The van der Waals surface area contributed by atoms with Crippen molar-refractivity contribution >= 4 is 61.3 Å². The third-order valence-electron chi connectivity index (χ3n) is 3.95. The minimum Gasteiger partial charge on any atom is -0.487 e. The second-order valence-corrected chi connectivity index (χ2v) is 8.44. The van der Waals surface area contributed by atoms with Crippen molar-refractivity contribution in [1.82, 2.24) is 5.43 Å². The fourth-order valence-electron chi connectivity index (χ4n) is 2.52. The number of anilines is 1. The molecule has 0 aliphatic carbocycles. The summed E-state index contributed by atoms with van der Waals surface area (Å²) in [5, 5.41) is 7.70. The van der Waals surface area contributed by atoms with Crippen molar-refractivity contribution in [2.24, 2.45) is 5.10 Å². The number of rotatable bonds is 8. The van der Waals surface area contributed by atoms with Crippen molar-refractivity contribution in [3.63, 3.8) is 0 Å². The summed E-state index contributed by atoms with van der Waals surface area (Å²) in [6.45, 7) is 0.498. The first-order valence-corrected chi connectivity index (χ1v) is 10.9. The summed E-state index contributed by atoms with van der Waals surface area (Å²) in [6, 6.07) is 20.7. The van der Waals surface area contributed by atoms with Crippen molar-refractivity contribution in [3.05, 3.63) is 91.8 Å². The molecule has 0 aromatic heterocycles. The highest BCUT2D eigenvalue weighted by molar-refractivity contribution is 9.11. The van der Waals surface area contributed by atoms with E-state index in [1.54, 1.807) is 30.5 Å². The molecule has 3 aromatic rings. The molecule has 0 saturated heterocycles. The predicted molar refractivity (Wildman–Crippen MR) is 128 cm³/mol. The minimum atomic E-state index is -0.276. The van der Waals surface area contributed by atoms with Crippen LogP contribution in [0, 0.1) is 0 Å². The Morgan fingerprint density at radius 2 is 1.80 bits per heavy atom. The first-order chi connectivity index (χ1) is 14.5. The molecule has 0 aliphatic rings. The summed E-state index contributed by atoms with van der Waals surface area (Å²) in [5.41, 5.74) is 5.08. The van der Waals surface area contributed by atoms with Gasteiger partial charge in [0.1, 0.15) is 12.4 Å². The monoisotopic (exact) mass is 549 g/mol. The van der Waals surface area contributed by atoms with Crippen LogP contribution in [0.5, 0.6) is 5.75 Å². The van der Waals surface area contributed by atoms with E-state index in [9.17, 15) is 4.79 Å². The lowest BCUT2D eigenvalue weighted by molar-refractivity contribution is -0.119. The lowest BCUT2D eigenvalue weighted by atomic mass is 10.2. The molecule has 3 rings (SSSR count). The van der Waals surface area contributed by atoms with Crippen LogP contribution >= 0.6 is 43.5 Å². The summed E-state index contributed by atoms with van der Waals surface area (Å²) in [6.07, 6.45) is 1.55. The molecule has 0 fully saturated rings. The van der Waals surface area contributed by atoms with E-state index in [1.807, 2.05) is 42.5 Å². The highest BCUT2D eigenvalue weighted by Crippen LogP contribution is 2.32. The molecule has 0 aliphatic heterocycles. The molecule has 5 nitrogen and oxygen atoms in total. The van der Waals surface area contributed by atoms with Crippen molar-refractivity contribution in [2.75, 3.05) is 11.9 Å². The molecule has 0 bridgehead atoms. The van der Waals surface area contributed by atoms with Gasteiger partial charge in [-0.15, -0.1) is 0 Å². The van der Waals surface area contributed by atoms with Crippen molar-refractivity contribution < 1.29 is 9.53 Å². The smallest absolute Gasteiger partial charge is 0.259 e. The number of halogens is 3. The number of hydrogen-bond donors (Lipinski definition) is 2. The van der Waals surface area contributed by atoms with Crippen LogP contribution in [0.3, 0.4) is 0 Å². The van der Waals surface area contributed by atoms with Crippen LogP contribution < -0.4 is 15.5 Å². The van der Waals surface area contributed by atoms with Gasteiger partial charge in [0, 0.05) is 20.7 Å². The lowest BCUT2D eigenvalue weighted by Crippen LogP contribution is -2.25. The third kappa shape index (κ3) is 6.86. The van der Waals surface area contributed by atoms with Crippen molar-refractivity contribution in [1.29, 1.82) is 0 Å². The molecule has 30 heavy (non-hydrogen) atoms. The Morgan fingerprint density at radius 1 is 1.07 bits per heavy atom. The van der Waals surface area contributed by atoms with Gasteiger partial charge in [0.25, 0.3) is 5.91 Å². The van der Waals surface area contributed by atoms with Gasteiger partial charge in [-0.05, 0) is 57.9 Å². The number of hydrogen-bond acceptors (Lipinski definition) is 4. The van der Waals surface area contributed by atoms with Gasteiger partial charge in [-0.3, -0.25) is 4.79 Å². The van der Waals surface area contributed by atoms with Gasteiger partial charge < -0.3 is 10.1 Å². The van der Waals surface area contributed by atoms with Gasteiger partial charge in [-0.25, -0.2) is 5.43 Å². The minimum absolute atomic E-state index is 0.0819. The van der Waals surface area contributed by atoms with E-state index in [0.717, 1.165) is 25.8 Å². The van der Waals surface area contributed by atoms with Crippen molar-refractivity contribution in [3.8, 4) is 5.75 Å².